The Morgan fingerprint density at radius 3 is 2.96 bits per heavy atom. The van der Waals surface area contributed by atoms with Gasteiger partial charge in [0.1, 0.15) is 17.0 Å². The van der Waals surface area contributed by atoms with Crippen molar-refractivity contribution in [2.24, 2.45) is 0 Å². The molecule has 2 N–H and O–H groups in total. The number of nitrogens with zero attached hydrogens (tertiary/aromatic N) is 3. The molecule has 0 amide bonds. The summed E-state index contributed by atoms with van der Waals surface area (Å²) in [5.41, 5.74) is 1.39. The van der Waals surface area contributed by atoms with Crippen LogP contribution in [0.5, 0.6) is 0 Å². The fourth-order valence-corrected chi connectivity index (χ4v) is 2.96. The van der Waals surface area contributed by atoms with Crippen molar-refractivity contribution in [3.63, 3.8) is 0 Å². The molecule has 2 heterocycles. The van der Waals surface area contributed by atoms with Gasteiger partial charge in [-0.15, -0.1) is 0 Å². The van der Waals surface area contributed by atoms with Gasteiger partial charge >= 0.3 is 5.97 Å². The molecule has 7 heteroatoms. The molecule has 3 aromatic rings. The van der Waals surface area contributed by atoms with Crippen molar-refractivity contribution in [3.8, 4) is 11.8 Å². The molecule has 0 saturated heterocycles. The number of thiazole rings is 1. The van der Waals surface area contributed by atoms with Crippen LogP contribution in [0.3, 0.4) is 0 Å². The topological polar surface area (TPSA) is 88.0 Å². The summed E-state index contributed by atoms with van der Waals surface area (Å²) >= 11 is 1.10. The number of nitrogens with one attached hydrogen (secondary N) is 1. The molecule has 0 unspecified atom stereocenters. The monoisotopic (exact) mass is 338 g/mol. The minimum atomic E-state index is -0.963. The van der Waals surface area contributed by atoms with Crippen LogP contribution in [0.2, 0.25) is 0 Å². The van der Waals surface area contributed by atoms with E-state index in [0.717, 1.165) is 28.1 Å². The number of rotatable bonds is 4. The third-order valence-electron chi connectivity index (χ3n) is 3.27. The van der Waals surface area contributed by atoms with E-state index in [1.165, 1.54) is 6.33 Å². The molecule has 0 spiro atoms. The third kappa shape index (κ3) is 3.50. The lowest BCUT2D eigenvalue weighted by Gasteiger charge is -2.05. The molecule has 0 aliphatic carbocycles. The normalized spacial score (nSPS) is 10.2. The third-order valence-corrected chi connectivity index (χ3v) is 4.33. The number of hydrogen-bond acceptors (Lipinski definition) is 6. The van der Waals surface area contributed by atoms with Crippen LogP contribution in [0.25, 0.3) is 10.9 Å². The second-order valence-electron chi connectivity index (χ2n) is 4.96. The van der Waals surface area contributed by atoms with Crippen molar-refractivity contribution in [3.05, 3.63) is 46.2 Å². The summed E-state index contributed by atoms with van der Waals surface area (Å²) in [7, 11) is 0. The highest BCUT2D eigenvalue weighted by Gasteiger charge is 2.12. The highest BCUT2D eigenvalue weighted by Crippen LogP contribution is 2.18. The molecule has 120 valence electrons. The van der Waals surface area contributed by atoms with Gasteiger partial charge in [0.2, 0.25) is 0 Å². The van der Waals surface area contributed by atoms with Gasteiger partial charge in [-0.05, 0) is 25.0 Å². The summed E-state index contributed by atoms with van der Waals surface area (Å²) < 4.78 is 0. The first-order chi connectivity index (χ1) is 11.6. The lowest BCUT2D eigenvalue weighted by Crippen LogP contribution is -2.03. The van der Waals surface area contributed by atoms with Crippen LogP contribution in [0.1, 0.15) is 26.8 Å². The van der Waals surface area contributed by atoms with E-state index in [-0.39, 0.29) is 4.88 Å². The molecule has 0 fully saturated rings. The zero-order valence-electron chi connectivity index (χ0n) is 12.9. The van der Waals surface area contributed by atoms with Crippen LogP contribution < -0.4 is 5.32 Å². The number of benzene rings is 1. The Labute approximate surface area is 142 Å². The average Bonchev–Trinajstić information content (AvgIpc) is 2.96. The Hall–Kier alpha value is -2.98. The fourth-order valence-electron chi connectivity index (χ4n) is 2.18. The van der Waals surface area contributed by atoms with Gasteiger partial charge in [0.15, 0.2) is 5.01 Å². The van der Waals surface area contributed by atoms with Crippen LogP contribution in [0.15, 0.2) is 30.6 Å². The minimum Gasteiger partial charge on any atom is -0.477 e. The molecular weight excluding hydrogens is 324 g/mol. The number of para-hydroxylation sites is 1. The first-order valence-corrected chi connectivity index (χ1v) is 8.10. The molecule has 1 aromatic carbocycles. The van der Waals surface area contributed by atoms with E-state index in [4.69, 9.17) is 5.11 Å². The van der Waals surface area contributed by atoms with Crippen LogP contribution in [0.4, 0.5) is 5.82 Å². The molecule has 0 atom stereocenters. The molecule has 0 saturated carbocycles. The van der Waals surface area contributed by atoms with E-state index in [1.807, 2.05) is 24.3 Å². The zero-order valence-corrected chi connectivity index (χ0v) is 13.7. The Balaban J connectivity index is 1.61. The van der Waals surface area contributed by atoms with E-state index < -0.39 is 5.97 Å². The van der Waals surface area contributed by atoms with Gasteiger partial charge in [0.05, 0.1) is 11.2 Å². The largest absolute Gasteiger partial charge is 0.477 e. The quantitative estimate of drug-likeness (QED) is 0.562. The van der Waals surface area contributed by atoms with E-state index in [9.17, 15) is 4.79 Å². The number of carboxylic acids is 1. The number of aromatic carboxylic acids is 1. The SMILES string of the molecule is Cc1nc(C#CCCNc2ncnc3ccccc23)sc1C(=O)O. The lowest BCUT2D eigenvalue weighted by atomic mass is 10.2. The maximum Gasteiger partial charge on any atom is 0.347 e. The summed E-state index contributed by atoms with van der Waals surface area (Å²) in [5, 5.41) is 13.7. The molecule has 0 bridgehead atoms. The molecule has 0 radical (unpaired) electrons. The zero-order chi connectivity index (χ0) is 16.9. The van der Waals surface area contributed by atoms with Crippen LogP contribution in [-0.2, 0) is 0 Å². The van der Waals surface area contributed by atoms with Gasteiger partial charge in [-0.2, -0.15) is 0 Å². The summed E-state index contributed by atoms with van der Waals surface area (Å²) in [4.78, 5) is 23.8. The molecular formula is C17H14N4O2S. The predicted molar refractivity (Wildman–Crippen MR) is 93.3 cm³/mol. The smallest absolute Gasteiger partial charge is 0.347 e. The predicted octanol–water partition coefficient (Wildman–Crippen LogP) is 2.95. The molecule has 0 aliphatic heterocycles. The summed E-state index contributed by atoms with van der Waals surface area (Å²) in [6, 6.07) is 7.79. The summed E-state index contributed by atoms with van der Waals surface area (Å²) in [5.74, 6) is 5.72. The Bertz CT molecular complexity index is 951. The summed E-state index contributed by atoms with van der Waals surface area (Å²) in [6.07, 6.45) is 2.13. The van der Waals surface area contributed by atoms with Crippen LogP contribution in [-0.4, -0.2) is 32.6 Å². The number of carboxylic acid groups (broad SMARTS) is 1. The van der Waals surface area contributed by atoms with Crippen LogP contribution in [0, 0.1) is 18.8 Å². The molecule has 3 rings (SSSR count). The van der Waals surface area contributed by atoms with Crippen molar-refractivity contribution in [1.82, 2.24) is 15.0 Å². The van der Waals surface area contributed by atoms with Gasteiger partial charge < -0.3 is 10.4 Å². The van der Waals surface area contributed by atoms with E-state index >= 15 is 0 Å². The number of hydrogen-bond donors (Lipinski definition) is 2. The van der Waals surface area contributed by atoms with Crippen molar-refractivity contribution in [1.29, 1.82) is 0 Å². The summed E-state index contributed by atoms with van der Waals surface area (Å²) in [6.45, 7) is 2.30. The minimum absolute atomic E-state index is 0.241. The average molecular weight is 338 g/mol. The van der Waals surface area contributed by atoms with Gasteiger partial charge in [-0.1, -0.05) is 29.4 Å². The second kappa shape index (κ2) is 7.06. The molecule has 24 heavy (non-hydrogen) atoms. The lowest BCUT2D eigenvalue weighted by molar-refractivity contribution is 0.0701. The van der Waals surface area contributed by atoms with Gasteiger partial charge in [0.25, 0.3) is 0 Å². The Morgan fingerprint density at radius 1 is 1.33 bits per heavy atom. The van der Waals surface area contributed by atoms with Gasteiger partial charge in [-0.3, -0.25) is 0 Å². The standard InChI is InChI=1S/C17H14N4O2S/c1-11-15(17(22)23)24-14(21-11)8-4-5-9-18-16-12-6-2-3-7-13(12)19-10-20-16/h2-3,6-7,10H,5,9H2,1H3,(H,22,23)(H,18,19,20). The number of aryl methyl sites for hydroxylation is 1. The van der Waals surface area contributed by atoms with E-state index in [1.54, 1.807) is 6.92 Å². The molecule has 2 aromatic heterocycles. The van der Waals surface area contributed by atoms with Crippen molar-refractivity contribution >= 4 is 34.0 Å². The van der Waals surface area contributed by atoms with E-state index in [2.05, 4.69) is 32.1 Å². The second-order valence-corrected chi connectivity index (χ2v) is 5.96. The number of aromatic nitrogens is 3. The van der Waals surface area contributed by atoms with Crippen molar-refractivity contribution < 1.29 is 9.90 Å². The van der Waals surface area contributed by atoms with Crippen LogP contribution >= 0.6 is 11.3 Å². The van der Waals surface area contributed by atoms with Crippen molar-refractivity contribution in [2.75, 3.05) is 11.9 Å². The Kier molecular flexibility index (Phi) is 4.68. The fraction of sp³-hybridized carbons (Fsp3) is 0.176. The maximum atomic E-state index is 11.0. The molecule has 6 nitrogen and oxygen atoms in total. The van der Waals surface area contributed by atoms with E-state index in [0.29, 0.717) is 23.7 Å². The highest BCUT2D eigenvalue weighted by atomic mass is 32.1. The molecule has 0 aliphatic rings. The first kappa shape index (κ1) is 15.9. The number of carbonyl (C=O) groups is 1. The van der Waals surface area contributed by atoms with Gasteiger partial charge in [0, 0.05) is 18.4 Å². The maximum absolute atomic E-state index is 11.0. The number of fused-ring (bicyclic) bond motifs is 1. The number of anilines is 1. The first-order valence-electron chi connectivity index (χ1n) is 7.28. The van der Waals surface area contributed by atoms with Gasteiger partial charge in [-0.25, -0.2) is 19.7 Å². The van der Waals surface area contributed by atoms with Crippen molar-refractivity contribution in [2.45, 2.75) is 13.3 Å². The highest BCUT2D eigenvalue weighted by molar-refractivity contribution is 7.14. The Morgan fingerprint density at radius 2 is 2.17 bits per heavy atom.